The van der Waals surface area contributed by atoms with Gasteiger partial charge in [-0.2, -0.15) is 4.98 Å². The smallest absolute Gasteiger partial charge is 0.274 e. The van der Waals surface area contributed by atoms with Gasteiger partial charge in [-0.15, -0.1) is 0 Å². The van der Waals surface area contributed by atoms with Gasteiger partial charge in [-0.3, -0.25) is 9.36 Å². The summed E-state index contributed by atoms with van der Waals surface area (Å²) >= 11 is 0. The molecule has 7 nitrogen and oxygen atoms in total. The van der Waals surface area contributed by atoms with Gasteiger partial charge >= 0.3 is 0 Å². The molecule has 0 aliphatic rings. The molecule has 2 aromatic carbocycles. The molecule has 0 radical (unpaired) electrons. The quantitative estimate of drug-likeness (QED) is 0.462. The van der Waals surface area contributed by atoms with Gasteiger partial charge in [0.15, 0.2) is 5.65 Å². The molecule has 0 aliphatic carbocycles. The number of rotatable bonds is 7. The molecular formula is C24H25N5O2. The van der Waals surface area contributed by atoms with E-state index in [9.17, 15) is 4.79 Å². The molecule has 0 fully saturated rings. The van der Waals surface area contributed by atoms with E-state index in [0.717, 1.165) is 17.7 Å². The summed E-state index contributed by atoms with van der Waals surface area (Å²) < 4.78 is 7.03. The highest BCUT2D eigenvalue weighted by Gasteiger charge is 2.15. The number of hydrogen-bond donors (Lipinski definition) is 0. The maximum atomic E-state index is 13.4. The Bertz CT molecular complexity index is 1250. The summed E-state index contributed by atoms with van der Waals surface area (Å²) in [6, 6.07) is 17.8. The second-order valence-electron chi connectivity index (χ2n) is 7.56. The summed E-state index contributed by atoms with van der Waals surface area (Å²) in [6.45, 7) is 0.372. The molecule has 0 aliphatic heterocycles. The number of aryl methyl sites for hydroxylation is 2. The number of aromatic nitrogens is 4. The molecule has 4 rings (SSSR count). The van der Waals surface area contributed by atoms with Crippen molar-refractivity contribution in [3.63, 3.8) is 0 Å². The molecule has 2 aromatic heterocycles. The Kier molecular flexibility index (Phi) is 5.93. The van der Waals surface area contributed by atoms with Gasteiger partial charge in [0.1, 0.15) is 17.0 Å². The van der Waals surface area contributed by atoms with Crippen LogP contribution < -0.4 is 15.2 Å². The number of anilines is 1. The molecule has 0 N–H and O–H groups in total. The first-order valence-corrected chi connectivity index (χ1v) is 10.2. The lowest BCUT2D eigenvalue weighted by molar-refractivity contribution is 0.414. The summed E-state index contributed by atoms with van der Waals surface area (Å²) in [7, 11) is 5.37. The third-order valence-corrected chi connectivity index (χ3v) is 5.11. The molecule has 2 heterocycles. The van der Waals surface area contributed by atoms with E-state index < -0.39 is 0 Å². The van der Waals surface area contributed by atoms with Crippen molar-refractivity contribution >= 4 is 17.1 Å². The number of hydrogen-bond acceptors (Lipinski definition) is 6. The van der Waals surface area contributed by atoms with Crippen molar-refractivity contribution in [2.75, 3.05) is 26.1 Å². The van der Waals surface area contributed by atoms with Crippen LogP contribution in [-0.2, 0) is 19.4 Å². The number of benzene rings is 2. The Morgan fingerprint density at radius 2 is 1.74 bits per heavy atom. The Morgan fingerprint density at radius 1 is 0.968 bits per heavy atom. The van der Waals surface area contributed by atoms with Crippen molar-refractivity contribution in [1.29, 1.82) is 0 Å². The standard InChI is InChI=1S/C24H25N5O2/c1-28(2)24-25-15-21-22(27-24)29(16-18-10-7-11-19(14-18)31-3)23(30)20(26-21)13-12-17-8-5-4-6-9-17/h4-11,14-15H,12-13,16H2,1-3H3. The van der Waals surface area contributed by atoms with Gasteiger partial charge in [0.05, 0.1) is 19.9 Å². The molecule has 7 heteroatoms. The van der Waals surface area contributed by atoms with Crippen LogP contribution in [0.25, 0.3) is 11.2 Å². The summed E-state index contributed by atoms with van der Waals surface area (Å²) in [5.74, 6) is 1.28. The summed E-state index contributed by atoms with van der Waals surface area (Å²) in [5.41, 5.74) is 3.64. The second-order valence-corrected chi connectivity index (χ2v) is 7.56. The highest BCUT2D eigenvalue weighted by atomic mass is 16.5. The first-order valence-electron chi connectivity index (χ1n) is 10.2. The van der Waals surface area contributed by atoms with Crippen LogP contribution in [0.15, 0.2) is 65.6 Å². The molecule has 0 spiro atoms. The lowest BCUT2D eigenvalue weighted by atomic mass is 10.1. The maximum absolute atomic E-state index is 13.4. The third kappa shape index (κ3) is 4.55. The molecular weight excluding hydrogens is 390 g/mol. The molecule has 0 saturated heterocycles. The van der Waals surface area contributed by atoms with E-state index in [2.05, 4.69) is 27.1 Å². The Balaban J connectivity index is 1.79. The van der Waals surface area contributed by atoms with Gasteiger partial charge in [0.25, 0.3) is 5.56 Å². The molecule has 0 bridgehead atoms. The first-order chi connectivity index (χ1) is 15.0. The average Bonchev–Trinajstić information content (AvgIpc) is 2.80. The Labute approximate surface area is 181 Å². The third-order valence-electron chi connectivity index (χ3n) is 5.11. The molecule has 4 aromatic rings. The molecule has 0 amide bonds. The summed E-state index contributed by atoms with van der Waals surface area (Å²) in [6.07, 6.45) is 2.97. The molecule has 158 valence electrons. The fourth-order valence-electron chi connectivity index (χ4n) is 3.47. The lowest BCUT2D eigenvalue weighted by Gasteiger charge is -2.15. The zero-order valence-corrected chi connectivity index (χ0v) is 17.9. The predicted molar refractivity (Wildman–Crippen MR) is 122 cm³/mol. The Hall–Kier alpha value is -3.74. The van der Waals surface area contributed by atoms with Crippen LogP contribution in [0.1, 0.15) is 16.8 Å². The van der Waals surface area contributed by atoms with Crippen LogP contribution in [0, 0.1) is 0 Å². The summed E-state index contributed by atoms with van der Waals surface area (Å²) in [4.78, 5) is 28.9. The lowest BCUT2D eigenvalue weighted by Crippen LogP contribution is -2.28. The highest BCUT2D eigenvalue weighted by Crippen LogP contribution is 2.17. The second kappa shape index (κ2) is 8.95. The van der Waals surface area contributed by atoms with Crippen molar-refractivity contribution in [3.05, 3.63) is 88.0 Å². The number of ether oxygens (including phenoxy) is 1. The minimum absolute atomic E-state index is 0.130. The number of fused-ring (bicyclic) bond motifs is 1. The summed E-state index contributed by atoms with van der Waals surface area (Å²) in [5, 5.41) is 0. The van der Waals surface area contributed by atoms with Gasteiger partial charge in [-0.25, -0.2) is 9.97 Å². The Morgan fingerprint density at radius 3 is 2.48 bits per heavy atom. The fraction of sp³-hybridized carbons (Fsp3) is 0.250. The molecule has 31 heavy (non-hydrogen) atoms. The fourth-order valence-corrected chi connectivity index (χ4v) is 3.47. The van der Waals surface area contributed by atoms with E-state index in [1.807, 2.05) is 61.5 Å². The van der Waals surface area contributed by atoms with E-state index in [0.29, 0.717) is 35.8 Å². The van der Waals surface area contributed by atoms with Crippen LogP contribution >= 0.6 is 0 Å². The van der Waals surface area contributed by atoms with Crippen LogP contribution in [-0.4, -0.2) is 40.7 Å². The van der Waals surface area contributed by atoms with Crippen LogP contribution in [0.2, 0.25) is 0 Å². The normalized spacial score (nSPS) is 10.9. The van der Waals surface area contributed by atoms with Crippen LogP contribution in [0.5, 0.6) is 5.75 Å². The van der Waals surface area contributed by atoms with E-state index in [-0.39, 0.29) is 5.56 Å². The SMILES string of the molecule is COc1cccc(Cn2c(=O)c(CCc3ccccc3)nc3cnc(N(C)C)nc32)c1. The topological polar surface area (TPSA) is 73.1 Å². The monoisotopic (exact) mass is 415 g/mol. The van der Waals surface area contributed by atoms with Gasteiger partial charge in [0, 0.05) is 14.1 Å². The molecule has 0 saturated carbocycles. The van der Waals surface area contributed by atoms with E-state index >= 15 is 0 Å². The van der Waals surface area contributed by atoms with Crippen molar-refractivity contribution in [1.82, 2.24) is 19.5 Å². The van der Waals surface area contributed by atoms with Gasteiger partial charge in [-0.05, 0) is 36.1 Å². The minimum atomic E-state index is -0.130. The van der Waals surface area contributed by atoms with Crippen molar-refractivity contribution in [3.8, 4) is 5.75 Å². The van der Waals surface area contributed by atoms with Crippen molar-refractivity contribution in [2.45, 2.75) is 19.4 Å². The largest absolute Gasteiger partial charge is 0.497 e. The average molecular weight is 415 g/mol. The first kappa shape index (κ1) is 20.5. The minimum Gasteiger partial charge on any atom is -0.497 e. The highest BCUT2D eigenvalue weighted by molar-refractivity contribution is 5.70. The zero-order valence-electron chi connectivity index (χ0n) is 17.9. The number of methoxy groups -OCH3 is 1. The molecule has 0 atom stereocenters. The van der Waals surface area contributed by atoms with Crippen LogP contribution in [0.3, 0.4) is 0 Å². The van der Waals surface area contributed by atoms with E-state index in [1.54, 1.807) is 17.9 Å². The number of nitrogens with zero attached hydrogens (tertiary/aromatic N) is 5. The van der Waals surface area contributed by atoms with Crippen LogP contribution in [0.4, 0.5) is 5.95 Å². The molecule has 0 unspecified atom stereocenters. The van der Waals surface area contributed by atoms with Crippen molar-refractivity contribution in [2.24, 2.45) is 0 Å². The van der Waals surface area contributed by atoms with Gasteiger partial charge < -0.3 is 9.64 Å². The zero-order chi connectivity index (χ0) is 21.8. The van der Waals surface area contributed by atoms with Gasteiger partial charge in [-0.1, -0.05) is 42.5 Å². The van der Waals surface area contributed by atoms with E-state index in [1.165, 1.54) is 5.56 Å². The van der Waals surface area contributed by atoms with Gasteiger partial charge in [0.2, 0.25) is 5.95 Å². The van der Waals surface area contributed by atoms with E-state index in [4.69, 9.17) is 4.74 Å². The predicted octanol–water partition coefficient (Wildman–Crippen LogP) is 3.09. The maximum Gasteiger partial charge on any atom is 0.274 e. The van der Waals surface area contributed by atoms with Crippen molar-refractivity contribution < 1.29 is 4.74 Å².